The lowest BCUT2D eigenvalue weighted by Gasteiger charge is -1.96. The Morgan fingerprint density at radius 1 is 1.50 bits per heavy atom. The lowest BCUT2D eigenvalue weighted by atomic mass is 10.1. The summed E-state index contributed by atoms with van der Waals surface area (Å²) >= 11 is 3.27. The number of hydrogen-bond donors (Lipinski definition) is 0. The lowest BCUT2D eigenvalue weighted by molar-refractivity contribution is 1.41. The molecule has 0 aromatic heterocycles. The lowest BCUT2D eigenvalue weighted by Crippen LogP contribution is -1.79. The Balaban J connectivity index is 3.24. The Morgan fingerprint density at radius 3 is 2.75 bits per heavy atom. The van der Waals surface area contributed by atoms with E-state index in [0.29, 0.717) is 16.6 Å². The van der Waals surface area contributed by atoms with Crippen molar-refractivity contribution in [1.29, 1.82) is 5.26 Å². The minimum Gasteiger partial charge on any atom is -0.238 e. The predicted molar refractivity (Wildman–Crippen MR) is 50.1 cm³/mol. The first kappa shape index (κ1) is 8.77. The Hall–Kier alpha value is -1.32. The van der Waals surface area contributed by atoms with Crippen molar-refractivity contribution in [3.63, 3.8) is 0 Å². The fourth-order valence-electron chi connectivity index (χ4n) is 0.880. The second-order valence-corrected chi connectivity index (χ2v) is 2.81. The Morgan fingerprint density at radius 2 is 2.25 bits per heavy atom. The highest BCUT2D eigenvalue weighted by atomic mass is 79.9. The van der Waals surface area contributed by atoms with Gasteiger partial charge in [0.1, 0.15) is 0 Å². The minimum absolute atomic E-state index is 0.517. The van der Waals surface area contributed by atoms with Crippen LogP contribution in [0.3, 0.4) is 0 Å². The maximum atomic E-state index is 8.61. The van der Waals surface area contributed by atoms with Crippen molar-refractivity contribution in [3.8, 4) is 6.07 Å². The number of benzene rings is 1. The molecule has 12 heavy (non-hydrogen) atoms. The summed E-state index contributed by atoms with van der Waals surface area (Å²) in [5, 5.41) is 9.28. The molecule has 0 saturated carbocycles. The van der Waals surface area contributed by atoms with Crippen LogP contribution in [-0.4, -0.2) is 0 Å². The molecule has 0 heterocycles. The molecule has 1 aromatic rings. The molecule has 0 atom stereocenters. The van der Waals surface area contributed by atoms with Gasteiger partial charge in [0.2, 0.25) is 0 Å². The third-order valence-corrected chi connectivity index (χ3v) is 2.04. The Labute approximate surface area is 79.4 Å². The van der Waals surface area contributed by atoms with Gasteiger partial charge in [-0.3, -0.25) is 0 Å². The number of nitriles is 1. The zero-order valence-electron chi connectivity index (χ0n) is 6.21. The first-order chi connectivity index (χ1) is 5.80. The van der Waals surface area contributed by atoms with Crippen molar-refractivity contribution in [1.82, 2.24) is 0 Å². The molecule has 0 radical (unpaired) electrons. The highest BCUT2D eigenvalue weighted by Crippen LogP contribution is 2.18. The normalized spacial score (nSPS) is 8.58. The van der Waals surface area contributed by atoms with Crippen LogP contribution in [0.2, 0.25) is 0 Å². The first-order valence-corrected chi connectivity index (χ1v) is 4.40. The average molecular weight is 221 g/mol. The summed E-state index contributed by atoms with van der Waals surface area (Å²) in [6.45, 7) is 6.79. The van der Waals surface area contributed by atoms with Crippen LogP contribution in [0.25, 0.3) is 4.85 Å². The molecule has 0 aliphatic rings. The zero-order valence-corrected chi connectivity index (χ0v) is 7.80. The molecule has 0 saturated heterocycles. The topological polar surface area (TPSA) is 28.1 Å². The van der Waals surface area contributed by atoms with Crippen LogP contribution in [-0.2, 0) is 5.33 Å². The fourth-order valence-corrected chi connectivity index (χ4v) is 1.20. The molecule has 1 rings (SSSR count). The van der Waals surface area contributed by atoms with Crippen LogP contribution in [0, 0.1) is 17.9 Å². The van der Waals surface area contributed by atoms with Crippen LogP contribution in [0.15, 0.2) is 18.2 Å². The van der Waals surface area contributed by atoms with Crippen molar-refractivity contribution in [2.45, 2.75) is 5.33 Å². The van der Waals surface area contributed by atoms with Crippen molar-refractivity contribution in [3.05, 3.63) is 40.7 Å². The standard InChI is InChI=1S/C9H5BrN2/c1-12-9-3-7(5-10)2-8(4-9)6-11/h2-4H,5H2. The molecule has 3 heteroatoms. The third kappa shape index (κ3) is 1.84. The highest BCUT2D eigenvalue weighted by molar-refractivity contribution is 9.08. The minimum atomic E-state index is 0.517. The number of rotatable bonds is 1. The summed E-state index contributed by atoms with van der Waals surface area (Å²) in [6, 6.07) is 7.13. The summed E-state index contributed by atoms with van der Waals surface area (Å²) in [5.41, 5.74) is 2.02. The fraction of sp³-hybridized carbons (Fsp3) is 0.111. The number of halogens is 1. The zero-order chi connectivity index (χ0) is 8.97. The maximum absolute atomic E-state index is 8.61. The van der Waals surface area contributed by atoms with Gasteiger partial charge in [-0.25, -0.2) is 4.85 Å². The molecule has 0 bridgehead atoms. The van der Waals surface area contributed by atoms with E-state index in [9.17, 15) is 0 Å². The smallest absolute Gasteiger partial charge is 0.188 e. The molecule has 0 amide bonds. The number of alkyl halides is 1. The van der Waals surface area contributed by atoms with Gasteiger partial charge in [-0.05, 0) is 17.7 Å². The summed E-state index contributed by atoms with van der Waals surface area (Å²) in [5.74, 6) is 0. The van der Waals surface area contributed by atoms with Gasteiger partial charge in [-0.15, -0.1) is 0 Å². The maximum Gasteiger partial charge on any atom is 0.188 e. The second kappa shape index (κ2) is 3.90. The van der Waals surface area contributed by atoms with E-state index in [1.807, 2.05) is 6.07 Å². The number of hydrogen-bond acceptors (Lipinski definition) is 1. The van der Waals surface area contributed by atoms with Crippen LogP contribution in [0.4, 0.5) is 5.69 Å². The van der Waals surface area contributed by atoms with Gasteiger partial charge in [0.25, 0.3) is 0 Å². The molecule has 0 unspecified atom stereocenters. The monoisotopic (exact) mass is 220 g/mol. The van der Waals surface area contributed by atoms with Gasteiger partial charge in [0, 0.05) is 10.9 Å². The summed E-state index contributed by atoms with van der Waals surface area (Å²) in [7, 11) is 0. The van der Waals surface area contributed by atoms with E-state index in [-0.39, 0.29) is 0 Å². The van der Waals surface area contributed by atoms with Crippen molar-refractivity contribution in [2.24, 2.45) is 0 Å². The molecule has 0 aliphatic heterocycles. The molecule has 0 fully saturated rings. The van der Waals surface area contributed by atoms with Crippen LogP contribution < -0.4 is 0 Å². The van der Waals surface area contributed by atoms with E-state index < -0.39 is 0 Å². The van der Waals surface area contributed by atoms with Crippen LogP contribution >= 0.6 is 15.9 Å². The van der Waals surface area contributed by atoms with Gasteiger partial charge in [0.05, 0.1) is 12.6 Å². The van der Waals surface area contributed by atoms with E-state index in [1.165, 1.54) is 0 Å². The molecule has 2 nitrogen and oxygen atoms in total. The van der Waals surface area contributed by atoms with Crippen molar-refractivity contribution >= 4 is 21.6 Å². The third-order valence-electron chi connectivity index (χ3n) is 1.39. The van der Waals surface area contributed by atoms with Crippen LogP contribution in [0.5, 0.6) is 0 Å². The molecular formula is C9H5BrN2. The van der Waals surface area contributed by atoms with Gasteiger partial charge < -0.3 is 0 Å². The van der Waals surface area contributed by atoms with E-state index in [2.05, 4.69) is 20.8 Å². The van der Waals surface area contributed by atoms with E-state index in [0.717, 1.165) is 5.56 Å². The van der Waals surface area contributed by atoms with Crippen LogP contribution in [0.1, 0.15) is 11.1 Å². The van der Waals surface area contributed by atoms with E-state index in [1.54, 1.807) is 18.2 Å². The summed E-state index contributed by atoms with van der Waals surface area (Å²) in [6.07, 6.45) is 0. The van der Waals surface area contributed by atoms with Gasteiger partial charge in [-0.1, -0.05) is 22.0 Å². The Kier molecular flexibility index (Phi) is 2.85. The molecule has 1 aromatic carbocycles. The summed E-state index contributed by atoms with van der Waals surface area (Å²) in [4.78, 5) is 3.27. The van der Waals surface area contributed by atoms with Crippen molar-refractivity contribution in [2.75, 3.05) is 0 Å². The van der Waals surface area contributed by atoms with Crippen molar-refractivity contribution < 1.29 is 0 Å². The van der Waals surface area contributed by atoms with Gasteiger partial charge >= 0.3 is 0 Å². The molecule has 0 N–H and O–H groups in total. The second-order valence-electron chi connectivity index (χ2n) is 2.25. The molecule has 58 valence electrons. The van der Waals surface area contributed by atoms with Gasteiger partial charge in [0.15, 0.2) is 5.69 Å². The van der Waals surface area contributed by atoms with Gasteiger partial charge in [-0.2, -0.15) is 5.26 Å². The first-order valence-electron chi connectivity index (χ1n) is 3.27. The average Bonchev–Trinajstić information content (AvgIpc) is 2.16. The summed E-state index contributed by atoms with van der Waals surface area (Å²) < 4.78 is 0. The predicted octanol–water partition coefficient (Wildman–Crippen LogP) is 3.00. The molecule has 0 spiro atoms. The SMILES string of the molecule is [C-]#[N+]c1cc(C#N)cc(CBr)c1. The Bertz CT molecular complexity index is 339. The largest absolute Gasteiger partial charge is 0.238 e. The quantitative estimate of drug-likeness (QED) is 0.529. The number of nitrogens with zero attached hydrogens (tertiary/aromatic N) is 2. The highest BCUT2D eigenvalue weighted by Gasteiger charge is 1.98. The molecular weight excluding hydrogens is 216 g/mol. The molecule has 0 aliphatic carbocycles. The van der Waals surface area contributed by atoms with E-state index in [4.69, 9.17) is 11.8 Å². The van der Waals surface area contributed by atoms with E-state index >= 15 is 0 Å².